The summed E-state index contributed by atoms with van der Waals surface area (Å²) in [7, 11) is -3.03. The van der Waals surface area contributed by atoms with Crippen molar-refractivity contribution in [3.05, 3.63) is 34.1 Å². The van der Waals surface area contributed by atoms with E-state index in [-0.39, 0.29) is 35.4 Å². The Bertz CT molecular complexity index is 603. The van der Waals surface area contributed by atoms with E-state index in [2.05, 4.69) is 21.2 Å². The van der Waals surface area contributed by atoms with Crippen LogP contribution < -0.4 is 5.32 Å². The molecule has 7 heteroatoms. The summed E-state index contributed by atoms with van der Waals surface area (Å²) in [4.78, 5) is 11.8. The monoisotopic (exact) mass is 349 g/mol. The maximum absolute atomic E-state index is 13.7. The van der Waals surface area contributed by atoms with Gasteiger partial charge in [0, 0.05) is 6.04 Å². The van der Waals surface area contributed by atoms with Crippen LogP contribution in [0.3, 0.4) is 0 Å². The maximum atomic E-state index is 13.7. The molecule has 0 spiro atoms. The zero-order chi connectivity index (χ0) is 14.0. The van der Waals surface area contributed by atoms with E-state index in [1.807, 2.05) is 0 Å². The molecule has 0 saturated carbocycles. The molecule has 4 nitrogen and oxygen atoms in total. The fraction of sp³-hybridized carbons (Fsp3) is 0.417. The van der Waals surface area contributed by atoms with Crippen molar-refractivity contribution >= 4 is 31.7 Å². The van der Waals surface area contributed by atoms with Gasteiger partial charge >= 0.3 is 0 Å². The molecule has 1 unspecified atom stereocenters. The third-order valence-corrected chi connectivity index (χ3v) is 5.36. The number of sulfone groups is 1. The molecule has 1 aliphatic rings. The topological polar surface area (TPSA) is 63.2 Å². The van der Waals surface area contributed by atoms with Crippen molar-refractivity contribution in [3.8, 4) is 0 Å². The van der Waals surface area contributed by atoms with Crippen LogP contribution >= 0.6 is 15.9 Å². The standard InChI is InChI=1S/C12H13BrFNO3S/c13-10-3-1-2-8(12(10)14)6-11(16)15-9-4-5-19(17,18)7-9/h1-3,9H,4-7H2,(H,15,16). The van der Waals surface area contributed by atoms with Crippen LogP contribution in [0.25, 0.3) is 0 Å². The van der Waals surface area contributed by atoms with Gasteiger partial charge in [0.1, 0.15) is 5.82 Å². The molecule has 1 atom stereocenters. The van der Waals surface area contributed by atoms with Gasteiger partial charge in [-0.05, 0) is 34.0 Å². The smallest absolute Gasteiger partial charge is 0.224 e. The van der Waals surface area contributed by atoms with E-state index >= 15 is 0 Å². The van der Waals surface area contributed by atoms with Crippen molar-refractivity contribution in [2.24, 2.45) is 0 Å². The summed E-state index contributed by atoms with van der Waals surface area (Å²) in [6.07, 6.45) is 0.330. The second kappa shape index (κ2) is 5.58. The summed E-state index contributed by atoms with van der Waals surface area (Å²) >= 11 is 3.05. The second-order valence-corrected chi connectivity index (χ2v) is 7.64. The highest BCUT2D eigenvalue weighted by molar-refractivity contribution is 9.10. The molecule has 0 aromatic heterocycles. The minimum absolute atomic E-state index is 0.0281. The van der Waals surface area contributed by atoms with Crippen molar-refractivity contribution in [3.63, 3.8) is 0 Å². The molecule has 0 aliphatic carbocycles. The van der Waals surface area contributed by atoms with E-state index in [4.69, 9.17) is 0 Å². The average Bonchev–Trinajstić information content (AvgIpc) is 2.64. The molecule has 1 aromatic rings. The molecule has 0 bridgehead atoms. The molecule has 0 radical (unpaired) electrons. The van der Waals surface area contributed by atoms with Gasteiger partial charge in [-0.1, -0.05) is 12.1 Å². The highest BCUT2D eigenvalue weighted by Crippen LogP contribution is 2.19. The molecule has 1 aromatic carbocycles. The number of hydrogen-bond acceptors (Lipinski definition) is 3. The number of carbonyl (C=O) groups excluding carboxylic acids is 1. The molecule has 1 saturated heterocycles. The third kappa shape index (κ3) is 3.76. The molecule has 104 valence electrons. The number of halogens is 2. The first-order valence-corrected chi connectivity index (χ1v) is 8.41. The molecule has 1 heterocycles. The predicted octanol–water partition coefficient (Wildman–Crippen LogP) is 1.43. The first kappa shape index (κ1) is 14.5. The molecule has 1 amide bonds. The Hall–Kier alpha value is -0.950. The third-order valence-electron chi connectivity index (χ3n) is 2.98. The number of hydrogen-bond donors (Lipinski definition) is 1. The minimum atomic E-state index is -3.03. The SMILES string of the molecule is O=C(Cc1cccc(Br)c1F)NC1CCS(=O)(=O)C1. The Morgan fingerprint density at radius 1 is 1.47 bits per heavy atom. The van der Waals surface area contributed by atoms with Crippen molar-refractivity contribution in [1.82, 2.24) is 5.32 Å². The van der Waals surface area contributed by atoms with Gasteiger partial charge in [-0.3, -0.25) is 4.79 Å². The lowest BCUT2D eigenvalue weighted by Gasteiger charge is -2.11. The Morgan fingerprint density at radius 2 is 2.21 bits per heavy atom. The van der Waals surface area contributed by atoms with E-state index in [9.17, 15) is 17.6 Å². The van der Waals surface area contributed by atoms with E-state index in [1.165, 1.54) is 6.07 Å². The molecular formula is C12H13BrFNO3S. The molecule has 1 fully saturated rings. The largest absolute Gasteiger partial charge is 0.352 e. The lowest BCUT2D eigenvalue weighted by molar-refractivity contribution is -0.121. The van der Waals surface area contributed by atoms with Gasteiger partial charge in [-0.15, -0.1) is 0 Å². The number of rotatable bonds is 3. The predicted molar refractivity (Wildman–Crippen MR) is 73.0 cm³/mol. The van der Waals surface area contributed by atoms with E-state index in [0.29, 0.717) is 10.9 Å². The maximum Gasteiger partial charge on any atom is 0.224 e. The second-order valence-electron chi connectivity index (χ2n) is 4.56. The average molecular weight is 350 g/mol. The van der Waals surface area contributed by atoms with Crippen molar-refractivity contribution in [2.75, 3.05) is 11.5 Å². The lowest BCUT2D eigenvalue weighted by Crippen LogP contribution is -2.36. The first-order valence-electron chi connectivity index (χ1n) is 5.80. The van der Waals surface area contributed by atoms with Gasteiger partial charge in [0.15, 0.2) is 9.84 Å². The quantitative estimate of drug-likeness (QED) is 0.897. The molecule has 1 N–H and O–H groups in total. The molecule has 19 heavy (non-hydrogen) atoms. The summed E-state index contributed by atoms with van der Waals surface area (Å²) < 4.78 is 36.5. The Balaban J connectivity index is 1.97. The fourth-order valence-corrected chi connectivity index (χ4v) is 4.13. The van der Waals surface area contributed by atoms with Gasteiger partial charge in [-0.25, -0.2) is 12.8 Å². The summed E-state index contributed by atoms with van der Waals surface area (Å²) in [6.45, 7) is 0. The van der Waals surface area contributed by atoms with Crippen LogP contribution in [0.15, 0.2) is 22.7 Å². The fourth-order valence-electron chi connectivity index (χ4n) is 2.05. The van der Waals surface area contributed by atoms with E-state index < -0.39 is 15.7 Å². The zero-order valence-electron chi connectivity index (χ0n) is 10.0. The molecule has 2 rings (SSSR count). The van der Waals surface area contributed by atoms with Crippen LogP contribution in [0.1, 0.15) is 12.0 Å². The van der Waals surface area contributed by atoms with Gasteiger partial charge in [0.25, 0.3) is 0 Å². The lowest BCUT2D eigenvalue weighted by atomic mass is 10.1. The van der Waals surface area contributed by atoms with Crippen molar-refractivity contribution < 1.29 is 17.6 Å². The minimum Gasteiger partial charge on any atom is -0.352 e. The van der Waals surface area contributed by atoms with Crippen LogP contribution in [0.4, 0.5) is 4.39 Å². The van der Waals surface area contributed by atoms with E-state index in [1.54, 1.807) is 12.1 Å². The number of amides is 1. The zero-order valence-corrected chi connectivity index (χ0v) is 12.4. The van der Waals surface area contributed by atoms with E-state index in [0.717, 1.165) is 0 Å². The summed E-state index contributed by atoms with van der Waals surface area (Å²) in [5, 5.41) is 2.63. The van der Waals surface area contributed by atoms with Crippen LogP contribution in [0, 0.1) is 5.82 Å². The van der Waals surface area contributed by atoms with Gasteiger partial charge in [0.05, 0.1) is 22.4 Å². The first-order chi connectivity index (χ1) is 8.87. The van der Waals surface area contributed by atoms with Gasteiger partial charge in [-0.2, -0.15) is 0 Å². The van der Waals surface area contributed by atoms with Gasteiger partial charge < -0.3 is 5.32 Å². The van der Waals surface area contributed by atoms with Crippen LogP contribution in [0.5, 0.6) is 0 Å². The van der Waals surface area contributed by atoms with Crippen molar-refractivity contribution in [1.29, 1.82) is 0 Å². The Labute approximate surface area is 119 Å². The van der Waals surface area contributed by atoms with Crippen LogP contribution in [0.2, 0.25) is 0 Å². The Morgan fingerprint density at radius 3 is 2.84 bits per heavy atom. The highest BCUT2D eigenvalue weighted by Gasteiger charge is 2.28. The van der Waals surface area contributed by atoms with Crippen molar-refractivity contribution in [2.45, 2.75) is 18.9 Å². The van der Waals surface area contributed by atoms with Crippen LogP contribution in [-0.2, 0) is 21.1 Å². The number of nitrogens with one attached hydrogen (secondary N) is 1. The van der Waals surface area contributed by atoms with Gasteiger partial charge in [0.2, 0.25) is 5.91 Å². The van der Waals surface area contributed by atoms with Crippen LogP contribution in [-0.4, -0.2) is 31.9 Å². The number of benzene rings is 1. The normalized spacial score (nSPS) is 21.3. The molecule has 1 aliphatic heterocycles. The summed E-state index contributed by atoms with van der Waals surface area (Å²) in [5.74, 6) is -0.751. The Kier molecular flexibility index (Phi) is 4.25. The highest BCUT2D eigenvalue weighted by atomic mass is 79.9. The summed E-state index contributed by atoms with van der Waals surface area (Å²) in [6, 6.07) is 4.38. The summed E-state index contributed by atoms with van der Waals surface area (Å²) in [5.41, 5.74) is 0.285. The molecular weight excluding hydrogens is 337 g/mol. The number of carbonyl (C=O) groups is 1.